The van der Waals surface area contributed by atoms with Gasteiger partial charge in [0.15, 0.2) is 0 Å². The van der Waals surface area contributed by atoms with E-state index in [1.54, 1.807) is 0 Å². The molecular weight excluding hydrogens is 142 g/mol. The maximum Gasteiger partial charge on any atom is 0.408 e. The fraction of sp³-hybridized carbons (Fsp3) is 0.625. The van der Waals surface area contributed by atoms with Gasteiger partial charge in [0.05, 0.1) is 6.04 Å². The molecule has 1 N–H and O–H groups in total. The normalized spacial score (nSPS) is 30.5. The number of carboxylic acid groups (broad SMARTS) is 1. The minimum absolute atomic E-state index is 0.0243. The first kappa shape index (κ1) is 8.11. The van der Waals surface area contributed by atoms with Crippen molar-refractivity contribution in [2.45, 2.75) is 32.4 Å². The monoisotopic (exact) mass is 155 g/mol. The van der Waals surface area contributed by atoms with Crippen LogP contribution in [-0.2, 0) is 0 Å². The summed E-state index contributed by atoms with van der Waals surface area (Å²) in [5.74, 6) is 0. The highest BCUT2D eigenvalue weighted by atomic mass is 16.4. The lowest BCUT2D eigenvalue weighted by Crippen LogP contribution is -2.44. The highest BCUT2D eigenvalue weighted by molar-refractivity contribution is 5.66. The van der Waals surface area contributed by atoms with Crippen LogP contribution in [0.1, 0.15) is 20.3 Å². The highest BCUT2D eigenvalue weighted by Gasteiger charge is 2.24. The van der Waals surface area contributed by atoms with E-state index >= 15 is 0 Å². The Balaban J connectivity index is 2.74. The molecule has 0 aromatic heterocycles. The van der Waals surface area contributed by atoms with Gasteiger partial charge in [-0.1, -0.05) is 12.2 Å². The van der Waals surface area contributed by atoms with Gasteiger partial charge in [0.1, 0.15) is 0 Å². The van der Waals surface area contributed by atoms with Gasteiger partial charge in [-0.2, -0.15) is 0 Å². The van der Waals surface area contributed by atoms with Crippen LogP contribution in [0.2, 0.25) is 0 Å². The summed E-state index contributed by atoms with van der Waals surface area (Å²) in [4.78, 5) is 12.1. The van der Waals surface area contributed by atoms with E-state index in [0.29, 0.717) is 0 Å². The highest BCUT2D eigenvalue weighted by Crippen LogP contribution is 2.16. The quantitative estimate of drug-likeness (QED) is 0.541. The Kier molecular flexibility index (Phi) is 2.17. The first-order chi connectivity index (χ1) is 5.13. The van der Waals surface area contributed by atoms with Crippen molar-refractivity contribution in [2.24, 2.45) is 0 Å². The van der Waals surface area contributed by atoms with Crippen LogP contribution < -0.4 is 0 Å². The molecule has 3 nitrogen and oxygen atoms in total. The summed E-state index contributed by atoms with van der Waals surface area (Å²) in [5.41, 5.74) is 0. The van der Waals surface area contributed by atoms with Crippen molar-refractivity contribution in [1.82, 2.24) is 4.90 Å². The zero-order chi connectivity index (χ0) is 8.43. The van der Waals surface area contributed by atoms with Crippen molar-refractivity contribution in [1.29, 1.82) is 0 Å². The van der Waals surface area contributed by atoms with Crippen LogP contribution in [0.25, 0.3) is 0 Å². The average molecular weight is 155 g/mol. The standard InChI is InChI=1S/C8H13NO2/c1-6-4-3-5-7(2)9(6)8(10)11/h3-4,6-7H,5H2,1-2H3,(H,10,11). The van der Waals surface area contributed by atoms with Crippen molar-refractivity contribution >= 4 is 6.09 Å². The molecule has 0 aliphatic carbocycles. The Morgan fingerprint density at radius 2 is 2.27 bits per heavy atom. The molecule has 1 rings (SSSR count). The summed E-state index contributed by atoms with van der Waals surface area (Å²) in [6.45, 7) is 3.81. The molecule has 11 heavy (non-hydrogen) atoms. The second kappa shape index (κ2) is 2.95. The van der Waals surface area contributed by atoms with E-state index in [0.717, 1.165) is 6.42 Å². The SMILES string of the molecule is CC1C=CCC(C)N1C(=O)O. The van der Waals surface area contributed by atoms with E-state index in [-0.39, 0.29) is 12.1 Å². The molecule has 1 heterocycles. The molecule has 0 saturated carbocycles. The molecule has 0 fully saturated rings. The average Bonchev–Trinajstić information content (AvgIpc) is 1.85. The van der Waals surface area contributed by atoms with E-state index in [4.69, 9.17) is 5.11 Å². The van der Waals surface area contributed by atoms with Crippen molar-refractivity contribution in [3.63, 3.8) is 0 Å². The number of amides is 1. The van der Waals surface area contributed by atoms with Crippen molar-refractivity contribution < 1.29 is 9.90 Å². The number of hydrogen-bond acceptors (Lipinski definition) is 1. The van der Waals surface area contributed by atoms with Crippen LogP contribution >= 0.6 is 0 Å². The van der Waals surface area contributed by atoms with Gasteiger partial charge in [-0.05, 0) is 20.3 Å². The summed E-state index contributed by atoms with van der Waals surface area (Å²) >= 11 is 0. The third-order valence-corrected chi connectivity index (χ3v) is 2.03. The molecule has 1 aliphatic heterocycles. The first-order valence-electron chi connectivity index (χ1n) is 3.81. The van der Waals surface area contributed by atoms with Crippen LogP contribution in [-0.4, -0.2) is 28.2 Å². The molecule has 1 aliphatic rings. The second-order valence-electron chi connectivity index (χ2n) is 2.94. The van der Waals surface area contributed by atoms with Gasteiger partial charge in [0.2, 0.25) is 0 Å². The largest absolute Gasteiger partial charge is 0.465 e. The van der Waals surface area contributed by atoms with E-state index in [1.165, 1.54) is 4.90 Å². The van der Waals surface area contributed by atoms with Crippen LogP contribution in [0.4, 0.5) is 4.79 Å². The molecule has 0 spiro atoms. The minimum atomic E-state index is -0.825. The Bertz CT molecular complexity index is 189. The smallest absolute Gasteiger partial charge is 0.408 e. The van der Waals surface area contributed by atoms with Crippen molar-refractivity contribution in [2.75, 3.05) is 0 Å². The van der Waals surface area contributed by atoms with Gasteiger partial charge >= 0.3 is 6.09 Å². The van der Waals surface area contributed by atoms with E-state index < -0.39 is 6.09 Å². The topological polar surface area (TPSA) is 40.5 Å². The third kappa shape index (κ3) is 1.53. The van der Waals surface area contributed by atoms with Crippen LogP contribution in [0.5, 0.6) is 0 Å². The van der Waals surface area contributed by atoms with Gasteiger partial charge in [-0.25, -0.2) is 4.79 Å². The Hall–Kier alpha value is -0.990. The molecule has 2 atom stereocenters. The lowest BCUT2D eigenvalue weighted by Gasteiger charge is -2.32. The lowest BCUT2D eigenvalue weighted by molar-refractivity contribution is 0.114. The molecule has 2 unspecified atom stereocenters. The maximum atomic E-state index is 10.7. The Morgan fingerprint density at radius 3 is 2.64 bits per heavy atom. The number of hydrogen-bond donors (Lipinski definition) is 1. The minimum Gasteiger partial charge on any atom is -0.465 e. The summed E-state index contributed by atoms with van der Waals surface area (Å²) in [7, 11) is 0. The Labute approximate surface area is 66.3 Å². The molecular formula is C8H13NO2. The summed E-state index contributed by atoms with van der Waals surface area (Å²) in [6, 6.07) is 0.142. The molecule has 3 heteroatoms. The van der Waals surface area contributed by atoms with Gasteiger partial charge in [0, 0.05) is 6.04 Å². The Morgan fingerprint density at radius 1 is 1.64 bits per heavy atom. The summed E-state index contributed by atoms with van der Waals surface area (Å²) < 4.78 is 0. The van der Waals surface area contributed by atoms with E-state index in [9.17, 15) is 4.79 Å². The molecule has 0 saturated heterocycles. The molecule has 0 aromatic rings. The fourth-order valence-electron chi connectivity index (χ4n) is 1.44. The van der Waals surface area contributed by atoms with Gasteiger partial charge in [0.25, 0.3) is 0 Å². The second-order valence-corrected chi connectivity index (χ2v) is 2.94. The third-order valence-electron chi connectivity index (χ3n) is 2.03. The maximum absolute atomic E-state index is 10.7. The fourth-order valence-corrected chi connectivity index (χ4v) is 1.44. The molecule has 0 bridgehead atoms. The predicted molar refractivity (Wildman–Crippen MR) is 42.5 cm³/mol. The first-order valence-corrected chi connectivity index (χ1v) is 3.81. The van der Waals surface area contributed by atoms with Gasteiger partial charge in [-0.15, -0.1) is 0 Å². The van der Waals surface area contributed by atoms with Gasteiger partial charge < -0.3 is 5.11 Å². The predicted octanol–water partition coefficient (Wildman–Crippen LogP) is 1.70. The lowest BCUT2D eigenvalue weighted by atomic mass is 10.1. The molecule has 1 amide bonds. The molecule has 62 valence electrons. The van der Waals surface area contributed by atoms with E-state index in [2.05, 4.69) is 0 Å². The van der Waals surface area contributed by atoms with Crippen molar-refractivity contribution in [3.8, 4) is 0 Å². The zero-order valence-corrected chi connectivity index (χ0v) is 6.82. The van der Waals surface area contributed by atoms with Gasteiger partial charge in [-0.3, -0.25) is 4.90 Å². The van der Waals surface area contributed by atoms with E-state index in [1.807, 2.05) is 26.0 Å². The molecule has 0 radical (unpaired) electrons. The molecule has 0 aromatic carbocycles. The summed E-state index contributed by atoms with van der Waals surface area (Å²) in [6.07, 6.45) is 3.97. The van der Waals surface area contributed by atoms with Crippen LogP contribution in [0.3, 0.4) is 0 Å². The van der Waals surface area contributed by atoms with Crippen LogP contribution in [0, 0.1) is 0 Å². The number of nitrogens with zero attached hydrogens (tertiary/aromatic N) is 1. The summed E-state index contributed by atoms with van der Waals surface area (Å²) in [5, 5.41) is 8.77. The number of carbonyl (C=O) groups is 1. The van der Waals surface area contributed by atoms with Crippen molar-refractivity contribution in [3.05, 3.63) is 12.2 Å². The zero-order valence-electron chi connectivity index (χ0n) is 6.82. The van der Waals surface area contributed by atoms with Crippen LogP contribution in [0.15, 0.2) is 12.2 Å². The number of rotatable bonds is 0.